The highest BCUT2D eigenvalue weighted by molar-refractivity contribution is 7.89. The smallest absolute Gasteiger partial charge is 0.243 e. The number of rotatable bonds is 6. The van der Waals surface area contributed by atoms with Crippen LogP contribution in [0.5, 0.6) is 0 Å². The highest BCUT2D eigenvalue weighted by atomic mass is 35.5. The fourth-order valence-electron chi connectivity index (χ4n) is 4.44. The summed E-state index contributed by atoms with van der Waals surface area (Å²) in [6.07, 6.45) is -1.14. The molecule has 2 heterocycles. The largest absolute Gasteiger partial charge is 0.389 e. The molecule has 2 aromatic rings. The predicted molar refractivity (Wildman–Crippen MR) is 132 cm³/mol. The number of hydrogen-bond donors (Lipinski definition) is 2. The van der Waals surface area contributed by atoms with Crippen LogP contribution in [0.1, 0.15) is 24.8 Å². The Kier molecular flexibility index (Phi) is 8.87. The van der Waals surface area contributed by atoms with E-state index in [0.29, 0.717) is 22.9 Å². The minimum atomic E-state index is -4.04. The molecule has 0 aromatic heterocycles. The van der Waals surface area contributed by atoms with Crippen LogP contribution in [0.4, 0.5) is 4.39 Å². The van der Waals surface area contributed by atoms with E-state index < -0.39 is 40.2 Å². The number of carbonyl (C=O) groups excluding carboxylic acids is 1. The van der Waals surface area contributed by atoms with Crippen molar-refractivity contribution >= 4 is 39.1 Å². The zero-order valence-corrected chi connectivity index (χ0v) is 21.6. The number of halogens is 3. The summed E-state index contributed by atoms with van der Waals surface area (Å²) in [6.45, 7) is 0.105. The fraction of sp³-hybridized carbons (Fsp3) is 0.458. The van der Waals surface area contributed by atoms with Crippen LogP contribution in [-0.4, -0.2) is 67.8 Å². The Labute approximate surface area is 219 Å². The van der Waals surface area contributed by atoms with Gasteiger partial charge in [-0.3, -0.25) is 4.79 Å². The van der Waals surface area contributed by atoms with Gasteiger partial charge in [-0.2, -0.15) is 4.31 Å². The number of hydrogen-bond acceptors (Lipinski definition) is 6. The van der Waals surface area contributed by atoms with Gasteiger partial charge in [0.15, 0.2) is 0 Å². The average molecular weight is 561 g/mol. The molecule has 12 heteroatoms. The molecule has 36 heavy (non-hydrogen) atoms. The molecule has 196 valence electrons. The third kappa shape index (κ3) is 6.55. The Bertz CT molecular complexity index is 1180. The van der Waals surface area contributed by atoms with Crippen molar-refractivity contribution in [3.05, 3.63) is 63.9 Å². The Morgan fingerprint density at radius 3 is 2.58 bits per heavy atom. The van der Waals surface area contributed by atoms with Gasteiger partial charge in [-0.25, -0.2) is 12.8 Å². The zero-order chi connectivity index (χ0) is 25.9. The molecule has 0 saturated carbocycles. The van der Waals surface area contributed by atoms with Crippen molar-refractivity contribution in [3.8, 4) is 0 Å². The molecule has 2 saturated heterocycles. The third-order valence-corrected chi connectivity index (χ3v) is 8.88. The van der Waals surface area contributed by atoms with Crippen molar-refractivity contribution in [1.82, 2.24) is 9.62 Å². The first-order chi connectivity index (χ1) is 17.1. The lowest BCUT2D eigenvalue weighted by Crippen LogP contribution is -2.57. The maximum absolute atomic E-state index is 13.4. The quantitative estimate of drug-likeness (QED) is 0.562. The van der Waals surface area contributed by atoms with E-state index in [2.05, 4.69) is 5.32 Å². The molecule has 4 atom stereocenters. The molecule has 4 rings (SSSR count). The Hall–Kier alpha value is -1.79. The Morgan fingerprint density at radius 1 is 1.11 bits per heavy atom. The van der Waals surface area contributed by atoms with Crippen molar-refractivity contribution in [1.29, 1.82) is 0 Å². The average Bonchev–Trinajstić information content (AvgIpc) is 2.83. The number of carbonyl (C=O) groups is 1. The summed E-state index contributed by atoms with van der Waals surface area (Å²) in [6, 6.07) is 9.07. The van der Waals surface area contributed by atoms with E-state index in [1.54, 1.807) is 18.2 Å². The van der Waals surface area contributed by atoms with E-state index in [9.17, 15) is 22.7 Å². The second kappa shape index (κ2) is 11.7. The first-order valence-corrected chi connectivity index (χ1v) is 13.7. The maximum atomic E-state index is 13.4. The molecule has 8 nitrogen and oxygen atoms in total. The van der Waals surface area contributed by atoms with Crippen LogP contribution in [0.15, 0.2) is 47.4 Å². The van der Waals surface area contributed by atoms with Gasteiger partial charge >= 0.3 is 0 Å². The molecule has 0 radical (unpaired) electrons. The second-order valence-corrected chi connectivity index (χ2v) is 11.6. The van der Waals surface area contributed by atoms with Crippen molar-refractivity contribution < 1.29 is 32.2 Å². The molecule has 0 unspecified atom stereocenters. The van der Waals surface area contributed by atoms with Crippen LogP contribution in [-0.2, 0) is 30.8 Å². The topological polar surface area (TPSA) is 105 Å². The van der Waals surface area contributed by atoms with Crippen LogP contribution in [0, 0.1) is 5.82 Å². The van der Waals surface area contributed by atoms with Crippen LogP contribution < -0.4 is 5.32 Å². The Balaban J connectivity index is 1.42. The minimum Gasteiger partial charge on any atom is -0.389 e. The number of nitrogens with one attached hydrogen (secondary N) is 1. The number of benzene rings is 2. The van der Waals surface area contributed by atoms with Crippen molar-refractivity contribution in [3.63, 3.8) is 0 Å². The highest BCUT2D eigenvalue weighted by Crippen LogP contribution is 2.31. The molecule has 2 aliphatic rings. The van der Waals surface area contributed by atoms with Crippen molar-refractivity contribution in [2.24, 2.45) is 0 Å². The molecule has 2 aliphatic heterocycles. The minimum absolute atomic E-state index is 0.0587. The summed E-state index contributed by atoms with van der Waals surface area (Å²) in [5.74, 6) is -0.767. The van der Waals surface area contributed by atoms with E-state index in [0.717, 1.165) is 17.7 Å². The first-order valence-electron chi connectivity index (χ1n) is 11.5. The third-order valence-electron chi connectivity index (χ3n) is 6.24. The van der Waals surface area contributed by atoms with Crippen molar-refractivity contribution in [2.75, 3.05) is 19.8 Å². The van der Waals surface area contributed by atoms with E-state index in [-0.39, 0.29) is 43.5 Å². The molecule has 0 aliphatic carbocycles. The normalized spacial score (nSPS) is 25.4. The Morgan fingerprint density at radius 2 is 1.86 bits per heavy atom. The van der Waals surface area contributed by atoms with Gasteiger partial charge in [-0.1, -0.05) is 29.3 Å². The van der Waals surface area contributed by atoms with E-state index in [1.165, 1.54) is 16.4 Å². The number of aliphatic hydroxyl groups excluding tert-OH is 1. The van der Waals surface area contributed by atoms with Crippen LogP contribution in [0.25, 0.3) is 0 Å². The molecule has 0 bridgehead atoms. The van der Waals surface area contributed by atoms with E-state index in [4.69, 9.17) is 32.7 Å². The predicted octanol–water partition coefficient (Wildman–Crippen LogP) is 3.14. The number of amides is 1. The lowest BCUT2D eigenvalue weighted by atomic mass is 9.96. The van der Waals surface area contributed by atoms with Gasteiger partial charge < -0.3 is 19.9 Å². The van der Waals surface area contributed by atoms with Crippen LogP contribution in [0.3, 0.4) is 0 Å². The SMILES string of the molecule is O=C(C[C@@H]1CC[C@H]2[C@@H](COC[C@@H](O)CN2S(=O)(=O)c2ccc(F)cc2)O1)NCc1ccc(Cl)c(Cl)c1. The number of ether oxygens (including phenoxy) is 2. The fourth-order valence-corrected chi connectivity index (χ4v) is 6.48. The summed E-state index contributed by atoms with van der Waals surface area (Å²) in [5, 5.41) is 13.9. The summed E-state index contributed by atoms with van der Waals surface area (Å²) >= 11 is 11.9. The summed E-state index contributed by atoms with van der Waals surface area (Å²) < 4.78 is 53.1. The van der Waals surface area contributed by atoms with Crippen LogP contribution >= 0.6 is 23.2 Å². The number of aliphatic hydroxyl groups is 1. The number of nitrogens with zero attached hydrogens (tertiary/aromatic N) is 1. The number of fused-ring (bicyclic) bond motifs is 1. The van der Waals surface area contributed by atoms with Crippen molar-refractivity contribution in [2.45, 2.75) is 55.1 Å². The monoisotopic (exact) mass is 560 g/mol. The second-order valence-electron chi connectivity index (χ2n) is 8.89. The maximum Gasteiger partial charge on any atom is 0.243 e. The molecule has 2 N–H and O–H groups in total. The van der Waals surface area contributed by atoms with Gasteiger partial charge in [0, 0.05) is 13.1 Å². The van der Waals surface area contributed by atoms with Gasteiger partial charge in [-0.05, 0) is 54.8 Å². The lowest BCUT2D eigenvalue weighted by molar-refractivity contribution is -0.146. The van der Waals surface area contributed by atoms with Crippen LogP contribution in [0.2, 0.25) is 10.0 Å². The molecule has 2 fully saturated rings. The molecule has 0 spiro atoms. The van der Waals surface area contributed by atoms with E-state index >= 15 is 0 Å². The zero-order valence-electron chi connectivity index (χ0n) is 19.3. The molecule has 1 amide bonds. The lowest BCUT2D eigenvalue weighted by Gasteiger charge is -2.43. The number of β-amino-alcohol motifs (C(OH)–C–C–N with tert-alkyl or cyclic N) is 1. The van der Waals surface area contributed by atoms with Gasteiger partial charge in [0.25, 0.3) is 0 Å². The van der Waals surface area contributed by atoms with Gasteiger partial charge in [0.2, 0.25) is 15.9 Å². The van der Waals surface area contributed by atoms with Gasteiger partial charge in [0.1, 0.15) is 5.82 Å². The summed E-state index contributed by atoms with van der Waals surface area (Å²) in [7, 11) is -4.04. The van der Waals surface area contributed by atoms with E-state index in [1.807, 2.05) is 0 Å². The van der Waals surface area contributed by atoms with Gasteiger partial charge in [-0.15, -0.1) is 0 Å². The number of sulfonamides is 1. The highest BCUT2D eigenvalue weighted by Gasteiger charge is 2.43. The molecular weight excluding hydrogens is 534 g/mol. The standard InChI is InChI=1S/C24H27Cl2FN2O6S/c25-20-7-1-15(9-21(20)26)11-28-24(31)10-18-4-8-22-23(35-18)14-34-13-17(30)12-29(22)36(32,33)19-5-2-16(27)3-6-19/h1-3,5-7,9,17-18,22-23,30H,4,8,10-14H2,(H,28,31)/t17-,18-,22-,23+/m0/s1. The summed E-state index contributed by atoms with van der Waals surface area (Å²) in [4.78, 5) is 12.5. The first kappa shape index (κ1) is 27.3. The summed E-state index contributed by atoms with van der Waals surface area (Å²) in [5.41, 5.74) is 0.802. The molecule has 2 aromatic carbocycles. The van der Waals surface area contributed by atoms with Gasteiger partial charge in [0.05, 0.1) is 58.9 Å². The molecular formula is C24H27Cl2FN2O6S.